The Kier molecular flexibility index (Phi) is 3.26. The summed E-state index contributed by atoms with van der Waals surface area (Å²) < 4.78 is 31.7. The third-order valence-electron chi connectivity index (χ3n) is 2.81. The first-order valence-electron chi connectivity index (χ1n) is 5.52. The standard InChI is InChI=1S/C10H16N4O3S/c1-10(2)7-17-4-3-14(10)18(15,16)8-5-12-9(11)13-6-8/h5-6H,3-4,7H2,1-2H3,(H2,11,12,13). The van der Waals surface area contributed by atoms with E-state index < -0.39 is 15.6 Å². The zero-order chi connectivity index (χ0) is 13.4. The van der Waals surface area contributed by atoms with Gasteiger partial charge in [0.05, 0.1) is 31.1 Å². The van der Waals surface area contributed by atoms with Crippen molar-refractivity contribution in [3.8, 4) is 0 Å². The molecular formula is C10H16N4O3S. The lowest BCUT2D eigenvalue weighted by atomic mass is 10.1. The molecule has 0 atom stereocenters. The number of hydrogen-bond acceptors (Lipinski definition) is 6. The summed E-state index contributed by atoms with van der Waals surface area (Å²) >= 11 is 0. The summed E-state index contributed by atoms with van der Waals surface area (Å²) in [5.74, 6) is 0.0511. The van der Waals surface area contributed by atoms with Gasteiger partial charge in [0.2, 0.25) is 16.0 Å². The Balaban J connectivity index is 2.38. The summed E-state index contributed by atoms with van der Waals surface area (Å²) in [4.78, 5) is 7.48. The predicted octanol–water partition coefficient (Wildman–Crippen LogP) is -0.142. The second-order valence-corrected chi connectivity index (χ2v) is 6.58. The van der Waals surface area contributed by atoms with Crippen LogP contribution in [-0.4, -0.2) is 48.0 Å². The van der Waals surface area contributed by atoms with E-state index >= 15 is 0 Å². The average molecular weight is 272 g/mol. The van der Waals surface area contributed by atoms with Gasteiger partial charge in [-0.3, -0.25) is 0 Å². The maximum absolute atomic E-state index is 12.5. The largest absolute Gasteiger partial charge is 0.378 e. The fourth-order valence-electron chi connectivity index (χ4n) is 1.88. The molecule has 2 heterocycles. The summed E-state index contributed by atoms with van der Waals surface area (Å²) in [7, 11) is -3.61. The van der Waals surface area contributed by atoms with Gasteiger partial charge < -0.3 is 10.5 Å². The molecule has 1 aromatic rings. The van der Waals surface area contributed by atoms with Crippen LogP contribution in [0.2, 0.25) is 0 Å². The van der Waals surface area contributed by atoms with Gasteiger partial charge in [-0.1, -0.05) is 0 Å². The zero-order valence-corrected chi connectivity index (χ0v) is 11.1. The van der Waals surface area contributed by atoms with Crippen molar-refractivity contribution < 1.29 is 13.2 Å². The molecule has 0 amide bonds. The van der Waals surface area contributed by atoms with Crippen LogP contribution in [0.25, 0.3) is 0 Å². The molecule has 1 fully saturated rings. The molecule has 0 bridgehead atoms. The van der Waals surface area contributed by atoms with E-state index in [0.717, 1.165) is 0 Å². The van der Waals surface area contributed by atoms with E-state index in [1.165, 1.54) is 16.7 Å². The number of aromatic nitrogens is 2. The van der Waals surface area contributed by atoms with Crippen LogP contribution < -0.4 is 5.73 Å². The second kappa shape index (κ2) is 4.45. The van der Waals surface area contributed by atoms with Crippen LogP contribution >= 0.6 is 0 Å². The molecule has 0 saturated carbocycles. The minimum absolute atomic E-state index is 0.0478. The Morgan fingerprint density at radius 3 is 2.56 bits per heavy atom. The highest BCUT2D eigenvalue weighted by atomic mass is 32.2. The van der Waals surface area contributed by atoms with Gasteiger partial charge >= 0.3 is 0 Å². The lowest BCUT2D eigenvalue weighted by molar-refractivity contribution is -0.00772. The number of nitrogens with two attached hydrogens (primary N) is 1. The Morgan fingerprint density at radius 1 is 1.39 bits per heavy atom. The zero-order valence-electron chi connectivity index (χ0n) is 10.3. The molecule has 1 aliphatic heterocycles. The highest BCUT2D eigenvalue weighted by Gasteiger charge is 2.39. The van der Waals surface area contributed by atoms with Crippen LogP contribution in [0, 0.1) is 0 Å². The predicted molar refractivity (Wildman–Crippen MR) is 65.2 cm³/mol. The maximum atomic E-state index is 12.5. The van der Waals surface area contributed by atoms with E-state index in [0.29, 0.717) is 19.8 Å². The van der Waals surface area contributed by atoms with Crippen molar-refractivity contribution in [1.29, 1.82) is 0 Å². The smallest absolute Gasteiger partial charge is 0.246 e. The van der Waals surface area contributed by atoms with Crippen LogP contribution in [-0.2, 0) is 14.8 Å². The molecule has 1 aromatic heterocycles. The number of sulfonamides is 1. The number of rotatable bonds is 2. The summed E-state index contributed by atoms with van der Waals surface area (Å²) in [5.41, 5.74) is 4.77. The molecule has 7 nitrogen and oxygen atoms in total. The van der Waals surface area contributed by atoms with E-state index in [9.17, 15) is 8.42 Å². The van der Waals surface area contributed by atoms with E-state index in [1.54, 1.807) is 0 Å². The first-order chi connectivity index (χ1) is 8.34. The van der Waals surface area contributed by atoms with Gasteiger partial charge in [0.25, 0.3) is 0 Å². The summed E-state index contributed by atoms with van der Waals surface area (Å²) in [6, 6.07) is 0. The Hall–Kier alpha value is -1.25. The average Bonchev–Trinajstić information content (AvgIpc) is 2.28. The van der Waals surface area contributed by atoms with Gasteiger partial charge in [-0.15, -0.1) is 0 Å². The van der Waals surface area contributed by atoms with E-state index in [-0.39, 0.29) is 10.8 Å². The molecule has 0 aliphatic carbocycles. The maximum Gasteiger partial charge on any atom is 0.246 e. The monoisotopic (exact) mass is 272 g/mol. The quantitative estimate of drug-likeness (QED) is 0.804. The normalized spacial score (nSPS) is 20.8. The van der Waals surface area contributed by atoms with E-state index in [1.807, 2.05) is 13.8 Å². The Labute approximate surface area is 106 Å². The Morgan fingerprint density at radius 2 is 2.00 bits per heavy atom. The minimum atomic E-state index is -3.61. The van der Waals surface area contributed by atoms with Crippen LogP contribution in [0.3, 0.4) is 0 Å². The number of anilines is 1. The van der Waals surface area contributed by atoms with Gasteiger partial charge in [0, 0.05) is 6.54 Å². The molecule has 0 spiro atoms. The highest BCUT2D eigenvalue weighted by molar-refractivity contribution is 7.89. The van der Waals surface area contributed by atoms with Crippen molar-refractivity contribution >= 4 is 16.0 Å². The van der Waals surface area contributed by atoms with Crippen molar-refractivity contribution in [2.45, 2.75) is 24.3 Å². The SMILES string of the molecule is CC1(C)COCCN1S(=O)(=O)c1cnc(N)nc1. The van der Waals surface area contributed by atoms with Crippen molar-refractivity contribution in [1.82, 2.24) is 14.3 Å². The lowest BCUT2D eigenvalue weighted by Crippen LogP contribution is -2.55. The summed E-state index contributed by atoms with van der Waals surface area (Å²) in [6.07, 6.45) is 2.45. The summed E-state index contributed by atoms with van der Waals surface area (Å²) in [5, 5.41) is 0. The van der Waals surface area contributed by atoms with Crippen molar-refractivity contribution in [3.05, 3.63) is 12.4 Å². The summed E-state index contributed by atoms with van der Waals surface area (Å²) in [6.45, 7) is 4.71. The van der Waals surface area contributed by atoms with Crippen LogP contribution in [0.1, 0.15) is 13.8 Å². The third kappa shape index (κ3) is 2.31. The lowest BCUT2D eigenvalue weighted by Gasteiger charge is -2.40. The van der Waals surface area contributed by atoms with Gasteiger partial charge in [-0.05, 0) is 13.8 Å². The highest BCUT2D eigenvalue weighted by Crippen LogP contribution is 2.26. The Bertz CT molecular complexity index is 527. The fourth-order valence-corrected chi connectivity index (χ4v) is 3.52. The third-order valence-corrected chi connectivity index (χ3v) is 4.87. The number of morpholine rings is 1. The number of hydrogen-bond donors (Lipinski definition) is 1. The fraction of sp³-hybridized carbons (Fsp3) is 0.600. The molecule has 1 saturated heterocycles. The molecular weight excluding hydrogens is 256 g/mol. The van der Waals surface area contributed by atoms with Crippen LogP contribution in [0.5, 0.6) is 0 Å². The van der Waals surface area contributed by atoms with Crippen molar-refractivity contribution in [2.24, 2.45) is 0 Å². The molecule has 0 aromatic carbocycles. The number of ether oxygens (including phenoxy) is 1. The van der Waals surface area contributed by atoms with E-state index in [4.69, 9.17) is 10.5 Å². The molecule has 0 unspecified atom stereocenters. The first-order valence-corrected chi connectivity index (χ1v) is 6.96. The molecule has 1 aliphatic rings. The van der Waals surface area contributed by atoms with Crippen molar-refractivity contribution in [2.75, 3.05) is 25.5 Å². The molecule has 8 heteroatoms. The topological polar surface area (TPSA) is 98.4 Å². The van der Waals surface area contributed by atoms with Gasteiger partial charge in [0.15, 0.2) is 0 Å². The molecule has 100 valence electrons. The number of nitrogen functional groups attached to an aromatic ring is 1. The first kappa shape index (κ1) is 13.2. The molecule has 0 radical (unpaired) electrons. The van der Waals surface area contributed by atoms with Gasteiger partial charge in [0.1, 0.15) is 4.90 Å². The van der Waals surface area contributed by atoms with Gasteiger partial charge in [-0.25, -0.2) is 18.4 Å². The molecule has 18 heavy (non-hydrogen) atoms. The number of nitrogens with zero attached hydrogens (tertiary/aromatic N) is 3. The van der Waals surface area contributed by atoms with Crippen LogP contribution in [0.4, 0.5) is 5.95 Å². The molecule has 2 N–H and O–H groups in total. The van der Waals surface area contributed by atoms with Crippen molar-refractivity contribution in [3.63, 3.8) is 0 Å². The second-order valence-electron chi connectivity index (χ2n) is 4.72. The van der Waals surface area contributed by atoms with Gasteiger partial charge in [-0.2, -0.15) is 4.31 Å². The molecule has 2 rings (SSSR count). The minimum Gasteiger partial charge on any atom is -0.378 e. The van der Waals surface area contributed by atoms with E-state index in [2.05, 4.69) is 9.97 Å². The van der Waals surface area contributed by atoms with Crippen LogP contribution in [0.15, 0.2) is 17.3 Å².